The Kier molecular flexibility index (Phi) is 5.13. The van der Waals surface area contributed by atoms with Gasteiger partial charge in [0.2, 0.25) is 0 Å². The maximum Gasteiger partial charge on any atom is 0.297 e. The number of aryl methyl sites for hydroxylation is 1. The van der Waals surface area contributed by atoms with E-state index in [0.717, 1.165) is 21.9 Å². The van der Waals surface area contributed by atoms with E-state index >= 15 is 0 Å². The lowest BCUT2D eigenvalue weighted by Crippen LogP contribution is -2.08. The molecule has 3 aromatic carbocycles. The van der Waals surface area contributed by atoms with Crippen LogP contribution >= 0.6 is 0 Å². The van der Waals surface area contributed by atoms with Crippen LogP contribution in [0.4, 0.5) is 4.39 Å². The lowest BCUT2D eigenvalue weighted by atomic mass is 10.1. The number of pyridine rings is 1. The molecule has 146 valence electrons. The van der Waals surface area contributed by atoms with Crippen LogP contribution in [0.25, 0.3) is 22.0 Å². The van der Waals surface area contributed by atoms with Gasteiger partial charge in [0.15, 0.2) is 0 Å². The van der Waals surface area contributed by atoms with E-state index < -0.39 is 10.1 Å². The number of rotatable bonds is 5. The van der Waals surface area contributed by atoms with Crippen LogP contribution in [0.5, 0.6) is 0 Å². The molecule has 0 aliphatic rings. The van der Waals surface area contributed by atoms with Crippen molar-refractivity contribution in [3.8, 4) is 11.3 Å². The third-order valence-corrected chi connectivity index (χ3v) is 5.90. The molecule has 0 atom stereocenters. The summed E-state index contributed by atoms with van der Waals surface area (Å²) in [6, 6.07) is 21.9. The second kappa shape index (κ2) is 7.73. The Balaban J connectivity index is 1.70. The molecule has 0 N–H and O–H groups in total. The van der Waals surface area contributed by atoms with Crippen molar-refractivity contribution in [3.05, 3.63) is 95.9 Å². The van der Waals surface area contributed by atoms with E-state index in [1.165, 1.54) is 24.3 Å². The zero-order chi connectivity index (χ0) is 20.4. The summed E-state index contributed by atoms with van der Waals surface area (Å²) in [5.74, 6) is -0.331. The van der Waals surface area contributed by atoms with Crippen molar-refractivity contribution in [2.75, 3.05) is 0 Å². The maximum atomic E-state index is 13.3. The van der Waals surface area contributed by atoms with Crippen LogP contribution in [-0.4, -0.2) is 13.4 Å². The summed E-state index contributed by atoms with van der Waals surface area (Å²) in [6.07, 6.45) is 0. The lowest BCUT2D eigenvalue weighted by Gasteiger charge is -2.11. The number of hydrogen-bond acceptors (Lipinski definition) is 4. The fourth-order valence-electron chi connectivity index (χ4n) is 3.06. The summed E-state index contributed by atoms with van der Waals surface area (Å²) in [4.78, 5) is 4.70. The first-order valence-electron chi connectivity index (χ1n) is 9.03. The standard InChI is InChI=1S/C23H18FNO3S/c1-16-6-12-20(13-7-16)29(26,27)28-15-23-21-5-3-2-4-18(21)14-22(25-23)17-8-10-19(24)11-9-17/h2-14H,15H2,1H3. The molecule has 0 bridgehead atoms. The van der Waals surface area contributed by atoms with Crippen LogP contribution in [0.2, 0.25) is 0 Å². The Bertz CT molecular complexity index is 1270. The van der Waals surface area contributed by atoms with Crippen LogP contribution < -0.4 is 0 Å². The minimum Gasteiger partial charge on any atom is -0.260 e. The van der Waals surface area contributed by atoms with Crippen LogP contribution in [0, 0.1) is 12.7 Å². The Labute approximate surface area is 168 Å². The second-order valence-electron chi connectivity index (χ2n) is 6.71. The van der Waals surface area contributed by atoms with Crippen LogP contribution in [0.15, 0.2) is 83.8 Å². The summed E-state index contributed by atoms with van der Waals surface area (Å²) < 4.78 is 43.7. The van der Waals surface area contributed by atoms with Crippen molar-refractivity contribution < 1.29 is 17.0 Å². The van der Waals surface area contributed by atoms with Crippen molar-refractivity contribution in [1.82, 2.24) is 4.98 Å². The van der Waals surface area contributed by atoms with E-state index in [2.05, 4.69) is 4.98 Å². The predicted molar refractivity (Wildman–Crippen MR) is 110 cm³/mol. The van der Waals surface area contributed by atoms with Crippen LogP contribution in [-0.2, 0) is 20.9 Å². The molecular weight excluding hydrogens is 389 g/mol. The van der Waals surface area contributed by atoms with Gasteiger partial charge in [-0.15, -0.1) is 0 Å². The Morgan fingerprint density at radius 1 is 0.931 bits per heavy atom. The minimum atomic E-state index is -3.92. The zero-order valence-corrected chi connectivity index (χ0v) is 16.5. The van der Waals surface area contributed by atoms with Gasteiger partial charge in [-0.25, -0.2) is 9.37 Å². The highest BCUT2D eigenvalue weighted by Crippen LogP contribution is 2.26. The third-order valence-electron chi connectivity index (χ3n) is 4.62. The molecule has 0 aliphatic carbocycles. The van der Waals surface area contributed by atoms with E-state index in [4.69, 9.17) is 4.18 Å². The highest BCUT2D eigenvalue weighted by Gasteiger charge is 2.17. The molecule has 0 spiro atoms. The van der Waals surface area contributed by atoms with Crippen molar-refractivity contribution >= 4 is 20.9 Å². The number of nitrogens with zero attached hydrogens (tertiary/aromatic N) is 1. The van der Waals surface area contributed by atoms with Gasteiger partial charge in [-0.3, -0.25) is 4.18 Å². The molecule has 1 heterocycles. The molecule has 6 heteroatoms. The number of fused-ring (bicyclic) bond motifs is 1. The quantitative estimate of drug-likeness (QED) is 0.424. The highest BCUT2D eigenvalue weighted by atomic mass is 32.2. The molecule has 29 heavy (non-hydrogen) atoms. The molecule has 4 rings (SSSR count). The zero-order valence-electron chi connectivity index (χ0n) is 15.7. The van der Waals surface area contributed by atoms with Gasteiger partial charge in [0.1, 0.15) is 12.4 Å². The molecule has 0 unspecified atom stereocenters. The van der Waals surface area contributed by atoms with E-state index in [0.29, 0.717) is 11.4 Å². The monoisotopic (exact) mass is 407 g/mol. The third kappa shape index (κ3) is 4.18. The normalized spacial score (nSPS) is 11.7. The van der Waals surface area contributed by atoms with Crippen LogP contribution in [0.3, 0.4) is 0 Å². The minimum absolute atomic E-state index is 0.0992. The molecule has 0 saturated heterocycles. The van der Waals surface area contributed by atoms with E-state index in [-0.39, 0.29) is 17.3 Å². The molecule has 4 aromatic rings. The summed E-state index contributed by atoms with van der Waals surface area (Å²) in [5.41, 5.74) is 2.82. The first-order chi connectivity index (χ1) is 13.9. The average Bonchev–Trinajstić information content (AvgIpc) is 2.73. The maximum absolute atomic E-state index is 13.3. The van der Waals surface area contributed by atoms with Gasteiger partial charge < -0.3 is 0 Å². The van der Waals surface area contributed by atoms with Gasteiger partial charge in [0.05, 0.1) is 16.3 Å². The predicted octanol–water partition coefficient (Wildman–Crippen LogP) is 5.25. The van der Waals surface area contributed by atoms with Gasteiger partial charge in [-0.1, -0.05) is 42.0 Å². The summed E-state index contributed by atoms with van der Waals surface area (Å²) in [6.45, 7) is 1.68. The number of aromatic nitrogens is 1. The molecule has 0 saturated carbocycles. The summed E-state index contributed by atoms with van der Waals surface area (Å²) >= 11 is 0. The second-order valence-corrected chi connectivity index (χ2v) is 8.33. The lowest BCUT2D eigenvalue weighted by molar-refractivity contribution is 0.305. The molecule has 1 aromatic heterocycles. The number of hydrogen-bond donors (Lipinski definition) is 0. The van der Waals surface area contributed by atoms with Gasteiger partial charge in [-0.2, -0.15) is 8.42 Å². The van der Waals surface area contributed by atoms with Gasteiger partial charge in [-0.05, 0) is 54.8 Å². The van der Waals surface area contributed by atoms with Crippen LogP contribution in [0.1, 0.15) is 11.3 Å². The molecule has 4 nitrogen and oxygen atoms in total. The Morgan fingerprint density at radius 2 is 1.62 bits per heavy atom. The van der Waals surface area contributed by atoms with E-state index in [9.17, 15) is 12.8 Å². The van der Waals surface area contributed by atoms with E-state index in [1.54, 1.807) is 24.3 Å². The topological polar surface area (TPSA) is 56.3 Å². The molecule has 0 radical (unpaired) electrons. The number of benzene rings is 3. The van der Waals surface area contributed by atoms with Crippen molar-refractivity contribution in [1.29, 1.82) is 0 Å². The first-order valence-corrected chi connectivity index (χ1v) is 10.4. The SMILES string of the molecule is Cc1ccc(S(=O)(=O)OCc2nc(-c3ccc(F)cc3)cc3ccccc23)cc1. The molecule has 0 fully saturated rings. The summed E-state index contributed by atoms with van der Waals surface area (Å²) in [7, 11) is -3.92. The number of halogens is 1. The molecular formula is C23H18FNO3S. The van der Waals surface area contributed by atoms with E-state index in [1.807, 2.05) is 37.3 Å². The summed E-state index contributed by atoms with van der Waals surface area (Å²) in [5, 5.41) is 1.70. The molecule has 0 aliphatic heterocycles. The van der Waals surface area contributed by atoms with Crippen molar-refractivity contribution in [2.24, 2.45) is 0 Å². The van der Waals surface area contributed by atoms with Crippen molar-refractivity contribution in [3.63, 3.8) is 0 Å². The first kappa shape index (κ1) is 19.2. The van der Waals surface area contributed by atoms with Gasteiger partial charge >= 0.3 is 0 Å². The fourth-order valence-corrected chi connectivity index (χ4v) is 3.93. The van der Waals surface area contributed by atoms with Crippen molar-refractivity contribution in [2.45, 2.75) is 18.4 Å². The Morgan fingerprint density at radius 3 is 2.34 bits per heavy atom. The van der Waals surface area contributed by atoms with Gasteiger partial charge in [0, 0.05) is 10.9 Å². The Hall–Kier alpha value is -3.09. The largest absolute Gasteiger partial charge is 0.297 e. The average molecular weight is 407 g/mol. The highest BCUT2D eigenvalue weighted by molar-refractivity contribution is 7.86. The molecule has 0 amide bonds. The fraction of sp³-hybridized carbons (Fsp3) is 0.0870. The smallest absolute Gasteiger partial charge is 0.260 e. The van der Waals surface area contributed by atoms with Gasteiger partial charge in [0.25, 0.3) is 10.1 Å².